The van der Waals surface area contributed by atoms with Gasteiger partial charge in [-0.3, -0.25) is 10.1 Å². The average molecular weight is 223 g/mol. The molecule has 5 nitrogen and oxygen atoms in total. The molecule has 0 atom stereocenters. The molecule has 0 rings (SSSR count). The highest BCUT2D eigenvalue weighted by molar-refractivity contribution is 6.28. The number of hydrogen-bond acceptors (Lipinski definition) is 3. The van der Waals surface area contributed by atoms with Gasteiger partial charge in [0.25, 0.3) is 0 Å². The number of carbonyl (C=O) groups is 2. The van der Waals surface area contributed by atoms with Crippen molar-refractivity contribution in [1.82, 2.24) is 10.6 Å². The van der Waals surface area contributed by atoms with Gasteiger partial charge in [0.1, 0.15) is 5.88 Å². The number of imide groups is 1. The van der Waals surface area contributed by atoms with Crippen molar-refractivity contribution < 1.29 is 14.3 Å². The fourth-order valence-corrected chi connectivity index (χ4v) is 0.792. The average Bonchev–Trinajstić information content (AvgIpc) is 2.17. The van der Waals surface area contributed by atoms with Crippen LogP contribution in [0.25, 0.3) is 0 Å². The molecule has 82 valence electrons. The van der Waals surface area contributed by atoms with Crippen molar-refractivity contribution >= 4 is 23.5 Å². The predicted molar refractivity (Wildman–Crippen MR) is 53.4 cm³/mol. The highest BCUT2D eigenvalue weighted by Crippen LogP contribution is 1.80. The second-order valence-electron chi connectivity index (χ2n) is 2.49. The van der Waals surface area contributed by atoms with Gasteiger partial charge < -0.3 is 10.1 Å². The van der Waals surface area contributed by atoms with Crippen LogP contribution in [0.4, 0.5) is 4.79 Å². The number of amides is 3. The van der Waals surface area contributed by atoms with Crippen LogP contribution in [0.5, 0.6) is 0 Å². The molecule has 0 aromatic carbocycles. The molecule has 0 bridgehead atoms. The van der Waals surface area contributed by atoms with E-state index in [0.29, 0.717) is 19.8 Å². The van der Waals surface area contributed by atoms with Crippen LogP contribution in [0.2, 0.25) is 0 Å². The fraction of sp³-hybridized carbons (Fsp3) is 0.750. The molecule has 0 aromatic rings. The summed E-state index contributed by atoms with van der Waals surface area (Å²) in [6, 6.07) is -0.521. The van der Waals surface area contributed by atoms with Crippen molar-refractivity contribution in [3.05, 3.63) is 0 Å². The smallest absolute Gasteiger partial charge is 0.321 e. The highest BCUT2D eigenvalue weighted by Gasteiger charge is 2.04. The number of carbonyl (C=O) groups excluding carboxylic acids is 2. The molecule has 0 aliphatic heterocycles. The second kappa shape index (κ2) is 8.77. The van der Waals surface area contributed by atoms with E-state index >= 15 is 0 Å². The lowest BCUT2D eigenvalue weighted by molar-refractivity contribution is -0.117. The standard InChI is InChI=1S/C8H15ClN2O3/c1-2-14-5-3-4-10-8(13)11-7(12)6-9/h2-6H2,1H3,(H2,10,11,12,13). The van der Waals surface area contributed by atoms with Crippen molar-refractivity contribution in [3.8, 4) is 0 Å². The Morgan fingerprint density at radius 3 is 2.71 bits per heavy atom. The first kappa shape index (κ1) is 13.2. The number of nitrogens with one attached hydrogen (secondary N) is 2. The molecular weight excluding hydrogens is 208 g/mol. The summed E-state index contributed by atoms with van der Waals surface area (Å²) < 4.78 is 5.06. The molecule has 0 saturated carbocycles. The molecule has 0 aliphatic rings. The number of ether oxygens (including phenoxy) is 1. The summed E-state index contributed by atoms with van der Waals surface area (Å²) in [4.78, 5) is 21.5. The molecule has 0 saturated heterocycles. The monoisotopic (exact) mass is 222 g/mol. The lowest BCUT2D eigenvalue weighted by atomic mass is 10.4. The zero-order valence-electron chi connectivity index (χ0n) is 8.14. The largest absolute Gasteiger partial charge is 0.382 e. The van der Waals surface area contributed by atoms with E-state index < -0.39 is 11.9 Å². The van der Waals surface area contributed by atoms with E-state index in [0.717, 1.165) is 6.42 Å². The van der Waals surface area contributed by atoms with E-state index in [4.69, 9.17) is 16.3 Å². The SMILES string of the molecule is CCOCCCNC(=O)NC(=O)CCl. The molecule has 0 aromatic heterocycles. The van der Waals surface area contributed by atoms with Gasteiger partial charge in [-0.05, 0) is 13.3 Å². The summed E-state index contributed by atoms with van der Waals surface area (Å²) in [6.07, 6.45) is 0.719. The number of halogens is 1. The topological polar surface area (TPSA) is 67.4 Å². The number of rotatable bonds is 6. The molecule has 0 fully saturated rings. The first-order valence-corrected chi connectivity index (χ1v) is 4.95. The Labute approximate surface area is 88.1 Å². The molecular formula is C8H15ClN2O3. The van der Waals surface area contributed by atoms with Gasteiger partial charge in [-0.15, -0.1) is 11.6 Å². The van der Waals surface area contributed by atoms with Crippen molar-refractivity contribution in [1.29, 1.82) is 0 Å². The summed E-state index contributed by atoms with van der Waals surface area (Å²) in [5.41, 5.74) is 0. The van der Waals surface area contributed by atoms with E-state index in [1.54, 1.807) is 0 Å². The maximum atomic E-state index is 10.9. The van der Waals surface area contributed by atoms with E-state index in [2.05, 4.69) is 10.6 Å². The normalized spacial score (nSPS) is 9.57. The third-order valence-corrected chi connectivity index (χ3v) is 1.57. The maximum Gasteiger partial charge on any atom is 0.321 e. The Balaban J connectivity index is 3.31. The lowest BCUT2D eigenvalue weighted by Crippen LogP contribution is -2.40. The molecule has 0 heterocycles. The Morgan fingerprint density at radius 2 is 2.14 bits per heavy atom. The zero-order chi connectivity index (χ0) is 10.8. The third kappa shape index (κ3) is 7.82. The van der Waals surface area contributed by atoms with Crippen LogP contribution >= 0.6 is 11.6 Å². The van der Waals surface area contributed by atoms with E-state index in [1.165, 1.54) is 0 Å². The van der Waals surface area contributed by atoms with Gasteiger partial charge in [-0.1, -0.05) is 0 Å². The quantitative estimate of drug-likeness (QED) is 0.507. The maximum absolute atomic E-state index is 10.9. The lowest BCUT2D eigenvalue weighted by Gasteiger charge is -2.05. The van der Waals surface area contributed by atoms with Crippen LogP contribution in [0, 0.1) is 0 Å². The molecule has 0 aliphatic carbocycles. The van der Waals surface area contributed by atoms with Crippen molar-refractivity contribution in [3.63, 3.8) is 0 Å². The number of urea groups is 1. The van der Waals surface area contributed by atoms with Gasteiger partial charge in [0.05, 0.1) is 0 Å². The van der Waals surface area contributed by atoms with Crippen molar-refractivity contribution in [2.45, 2.75) is 13.3 Å². The highest BCUT2D eigenvalue weighted by atomic mass is 35.5. The minimum atomic E-state index is -0.521. The number of hydrogen-bond donors (Lipinski definition) is 2. The Hall–Kier alpha value is -0.810. The Bertz CT molecular complexity index is 187. The summed E-state index contributed by atoms with van der Waals surface area (Å²) in [7, 11) is 0. The summed E-state index contributed by atoms with van der Waals surface area (Å²) in [6.45, 7) is 3.64. The van der Waals surface area contributed by atoms with Crippen molar-refractivity contribution in [2.24, 2.45) is 0 Å². The van der Waals surface area contributed by atoms with Crippen LogP contribution in [0.3, 0.4) is 0 Å². The molecule has 6 heteroatoms. The van der Waals surface area contributed by atoms with E-state index in [-0.39, 0.29) is 5.88 Å². The molecule has 0 spiro atoms. The van der Waals surface area contributed by atoms with Gasteiger partial charge >= 0.3 is 6.03 Å². The van der Waals surface area contributed by atoms with Gasteiger partial charge in [0.15, 0.2) is 0 Å². The molecule has 2 N–H and O–H groups in total. The number of alkyl halides is 1. The Morgan fingerprint density at radius 1 is 1.43 bits per heavy atom. The van der Waals surface area contributed by atoms with Gasteiger partial charge in [0, 0.05) is 19.8 Å². The summed E-state index contributed by atoms with van der Waals surface area (Å²) >= 11 is 5.19. The van der Waals surface area contributed by atoms with Crippen LogP contribution in [-0.4, -0.2) is 37.6 Å². The minimum absolute atomic E-state index is 0.216. The van der Waals surface area contributed by atoms with Crippen LogP contribution < -0.4 is 10.6 Å². The molecule has 0 unspecified atom stereocenters. The molecule has 0 radical (unpaired) electrons. The van der Waals surface area contributed by atoms with E-state index in [1.807, 2.05) is 6.92 Å². The van der Waals surface area contributed by atoms with Crippen LogP contribution in [0.1, 0.15) is 13.3 Å². The van der Waals surface area contributed by atoms with Crippen molar-refractivity contribution in [2.75, 3.05) is 25.6 Å². The van der Waals surface area contributed by atoms with Gasteiger partial charge in [-0.2, -0.15) is 0 Å². The second-order valence-corrected chi connectivity index (χ2v) is 2.76. The predicted octanol–water partition coefficient (Wildman–Crippen LogP) is 0.478. The Kier molecular flexibility index (Phi) is 8.27. The molecule has 3 amide bonds. The zero-order valence-corrected chi connectivity index (χ0v) is 8.89. The van der Waals surface area contributed by atoms with Crippen LogP contribution in [-0.2, 0) is 9.53 Å². The van der Waals surface area contributed by atoms with Crippen LogP contribution in [0.15, 0.2) is 0 Å². The third-order valence-electron chi connectivity index (χ3n) is 1.33. The van der Waals surface area contributed by atoms with E-state index in [9.17, 15) is 9.59 Å². The summed E-state index contributed by atoms with van der Waals surface area (Å²) in [5, 5.41) is 4.56. The van der Waals surface area contributed by atoms with Gasteiger partial charge in [-0.25, -0.2) is 4.79 Å². The minimum Gasteiger partial charge on any atom is -0.382 e. The van der Waals surface area contributed by atoms with Gasteiger partial charge in [0.2, 0.25) is 5.91 Å². The summed E-state index contributed by atoms with van der Waals surface area (Å²) in [5.74, 6) is -0.721. The molecule has 14 heavy (non-hydrogen) atoms. The first-order valence-electron chi connectivity index (χ1n) is 4.42. The first-order chi connectivity index (χ1) is 6.70. The fourth-order valence-electron chi connectivity index (χ4n) is 0.725.